The molecule has 5 nitrogen and oxygen atoms in total. The molecule has 8 rings (SSSR count). The third-order valence-electron chi connectivity index (χ3n) is 10.2. The van der Waals surface area contributed by atoms with Gasteiger partial charge in [0, 0.05) is 69.8 Å². The van der Waals surface area contributed by atoms with Gasteiger partial charge in [-0.25, -0.2) is 4.98 Å². The first-order valence-corrected chi connectivity index (χ1v) is 18.5. The maximum absolute atomic E-state index is 6.56. The number of hydrogen-bond donors (Lipinski definition) is 0. The molecule has 0 bridgehead atoms. The smallest absolute Gasteiger partial charge is 0.135 e. The molecule has 0 fully saturated rings. The standard InChI is InChI=1S/C48H47N4O.B.Pt/c1-46(2,3)32-23-24-49-45(28-32)52-41-18-11-10-17-39(41)40-22-21-38(30-44(40)52)53-37-16-14-15-35(29-37)50-31-51(43-20-13-12-19-42(43)50)36-26-33(47(4,5)6)25-34(27-36)48(7,8)9;;/h10-28,31H,1-9H3;;/q-3;;. The van der Waals surface area contributed by atoms with Crippen molar-refractivity contribution in [2.45, 2.75) is 78.6 Å². The van der Waals surface area contributed by atoms with Crippen LogP contribution >= 0.6 is 0 Å². The third-order valence-corrected chi connectivity index (χ3v) is 10.2. The first-order chi connectivity index (χ1) is 25.1. The summed E-state index contributed by atoms with van der Waals surface area (Å²) in [4.78, 5) is 9.32. The van der Waals surface area contributed by atoms with Crippen LogP contribution in [-0.4, -0.2) is 18.0 Å². The Morgan fingerprint density at radius 3 is 1.87 bits per heavy atom. The van der Waals surface area contributed by atoms with Crippen LogP contribution in [0.1, 0.15) is 79.0 Å². The number of nitrogens with zero attached hydrogens (tertiary/aromatic N) is 4. The topological polar surface area (TPSA) is 33.5 Å². The zero-order valence-corrected chi connectivity index (χ0v) is 35.4. The summed E-state index contributed by atoms with van der Waals surface area (Å²) in [5.74, 6) is 2.09. The molecule has 0 N–H and O–H groups in total. The van der Waals surface area contributed by atoms with Gasteiger partial charge in [-0.15, -0.1) is 48.1 Å². The number of hydrogen-bond acceptors (Lipinski definition) is 4. The Morgan fingerprint density at radius 1 is 0.582 bits per heavy atom. The zero-order valence-electron chi connectivity index (χ0n) is 33.1. The second kappa shape index (κ2) is 14.7. The van der Waals surface area contributed by atoms with Gasteiger partial charge in [-0.1, -0.05) is 104 Å². The summed E-state index contributed by atoms with van der Waals surface area (Å²) in [5, 5.41) is 2.25. The minimum Gasteiger partial charge on any atom is -0.509 e. The van der Waals surface area contributed by atoms with Crippen LogP contribution in [0.4, 0.5) is 22.7 Å². The van der Waals surface area contributed by atoms with E-state index in [-0.39, 0.29) is 45.7 Å². The molecule has 0 amide bonds. The minimum atomic E-state index is -0.00850. The van der Waals surface area contributed by atoms with E-state index in [4.69, 9.17) is 9.72 Å². The SMILES string of the molecule is CC(C)(C)c1cc(N2[CH-]N(c3[c-]c(Oc4[c-]c5c(cc4)c4ccccc4n5-c4cc(C(C)(C)C)ccn4)ccc3)c3ccccc32)cc(C(C)(C)C)c1.[B].[Pt]. The molecular weight excluding hydrogens is 854 g/mol. The molecule has 2 aromatic heterocycles. The second-order valence-corrected chi connectivity index (χ2v) is 17.2. The fourth-order valence-electron chi connectivity index (χ4n) is 7.06. The number of para-hydroxylation sites is 3. The molecule has 7 aromatic rings. The van der Waals surface area contributed by atoms with Crippen LogP contribution in [0, 0.1) is 18.8 Å². The Morgan fingerprint density at radius 2 is 1.20 bits per heavy atom. The summed E-state index contributed by atoms with van der Waals surface area (Å²) in [6.45, 7) is 22.5. The van der Waals surface area contributed by atoms with E-state index in [1.54, 1.807) is 0 Å². The summed E-state index contributed by atoms with van der Waals surface area (Å²) in [6.07, 6.45) is 1.90. The number of rotatable bonds is 5. The van der Waals surface area contributed by atoms with Crippen molar-refractivity contribution < 1.29 is 25.8 Å². The number of ether oxygens (including phenoxy) is 1. The van der Waals surface area contributed by atoms with E-state index in [9.17, 15) is 0 Å². The molecule has 1 aliphatic rings. The van der Waals surface area contributed by atoms with Gasteiger partial charge in [0.15, 0.2) is 0 Å². The van der Waals surface area contributed by atoms with Crippen molar-refractivity contribution in [3.05, 3.63) is 151 Å². The number of benzene rings is 5. The molecule has 0 aliphatic carbocycles. The molecule has 55 heavy (non-hydrogen) atoms. The summed E-state index contributed by atoms with van der Waals surface area (Å²) >= 11 is 0. The van der Waals surface area contributed by atoms with Crippen LogP contribution in [-0.2, 0) is 37.3 Å². The van der Waals surface area contributed by atoms with Gasteiger partial charge >= 0.3 is 0 Å². The average molecular weight is 902 g/mol. The maximum Gasteiger partial charge on any atom is 0.135 e. The van der Waals surface area contributed by atoms with E-state index in [1.807, 2.05) is 24.4 Å². The predicted molar refractivity (Wildman–Crippen MR) is 226 cm³/mol. The molecule has 0 spiro atoms. The number of anilines is 4. The summed E-state index contributed by atoms with van der Waals surface area (Å²) in [6, 6.07) is 45.6. The molecule has 1 aliphatic heterocycles. The van der Waals surface area contributed by atoms with Gasteiger partial charge in [0.1, 0.15) is 5.82 Å². The van der Waals surface area contributed by atoms with E-state index in [1.165, 1.54) is 16.7 Å². The molecule has 0 saturated heterocycles. The van der Waals surface area contributed by atoms with Gasteiger partial charge in [-0.05, 0) is 80.8 Å². The van der Waals surface area contributed by atoms with Gasteiger partial charge in [0.25, 0.3) is 0 Å². The van der Waals surface area contributed by atoms with Crippen LogP contribution in [0.2, 0.25) is 0 Å². The van der Waals surface area contributed by atoms with Crippen LogP contribution in [0.5, 0.6) is 11.5 Å². The van der Waals surface area contributed by atoms with E-state index in [0.29, 0.717) is 11.5 Å². The fraction of sp³-hybridized carbons (Fsp3) is 0.250. The largest absolute Gasteiger partial charge is 0.509 e. The molecule has 3 radical (unpaired) electrons. The number of fused-ring (bicyclic) bond motifs is 4. The molecular formula is C48H47BN4OPt-3. The van der Waals surface area contributed by atoms with Crippen molar-refractivity contribution in [3.63, 3.8) is 0 Å². The van der Waals surface area contributed by atoms with Crippen LogP contribution in [0.25, 0.3) is 27.6 Å². The van der Waals surface area contributed by atoms with E-state index in [2.05, 4.69) is 186 Å². The van der Waals surface area contributed by atoms with Crippen molar-refractivity contribution in [1.29, 1.82) is 0 Å². The molecule has 7 heteroatoms. The van der Waals surface area contributed by atoms with Crippen molar-refractivity contribution in [3.8, 4) is 17.3 Å². The molecule has 3 heterocycles. The Labute approximate surface area is 343 Å². The van der Waals surface area contributed by atoms with Gasteiger partial charge in [-0.2, -0.15) is 12.1 Å². The summed E-state index contributed by atoms with van der Waals surface area (Å²) in [5.41, 5.74) is 10.1. The Hall–Kier alpha value is -4.80. The Bertz CT molecular complexity index is 2470. The van der Waals surface area contributed by atoms with Crippen LogP contribution in [0.3, 0.4) is 0 Å². The van der Waals surface area contributed by atoms with Crippen LogP contribution in [0.15, 0.2) is 115 Å². The van der Waals surface area contributed by atoms with Crippen molar-refractivity contribution in [2.24, 2.45) is 0 Å². The van der Waals surface area contributed by atoms with Crippen molar-refractivity contribution >= 4 is 53.0 Å². The van der Waals surface area contributed by atoms with Gasteiger partial charge in [0.05, 0.1) is 0 Å². The monoisotopic (exact) mass is 901 g/mol. The fourth-order valence-corrected chi connectivity index (χ4v) is 7.06. The molecule has 0 saturated carbocycles. The van der Waals surface area contributed by atoms with Gasteiger partial charge in [-0.3, -0.25) is 0 Å². The van der Waals surface area contributed by atoms with Gasteiger partial charge < -0.3 is 19.1 Å². The predicted octanol–water partition coefficient (Wildman–Crippen LogP) is 12.5. The average Bonchev–Trinajstić information content (AvgIpc) is 3.67. The first-order valence-electron chi connectivity index (χ1n) is 18.5. The van der Waals surface area contributed by atoms with Crippen molar-refractivity contribution in [1.82, 2.24) is 9.55 Å². The first kappa shape index (κ1) is 39.9. The molecule has 281 valence electrons. The van der Waals surface area contributed by atoms with Gasteiger partial charge in [0.2, 0.25) is 0 Å². The quantitative estimate of drug-likeness (QED) is 0.127. The zero-order chi connectivity index (χ0) is 37.3. The van der Waals surface area contributed by atoms with E-state index >= 15 is 0 Å². The summed E-state index contributed by atoms with van der Waals surface area (Å²) in [7, 11) is 0. The minimum absolute atomic E-state index is 0. The molecule has 0 unspecified atom stereocenters. The van der Waals surface area contributed by atoms with Crippen LogP contribution < -0.4 is 14.5 Å². The summed E-state index contributed by atoms with van der Waals surface area (Å²) < 4.78 is 8.75. The number of aromatic nitrogens is 2. The molecule has 5 aromatic carbocycles. The third kappa shape index (κ3) is 7.59. The Balaban J connectivity index is 0.00000257. The van der Waals surface area contributed by atoms with E-state index in [0.717, 1.165) is 50.4 Å². The molecule has 0 atom stereocenters. The maximum atomic E-state index is 6.56. The Kier molecular flexibility index (Phi) is 10.7. The normalized spacial score (nSPS) is 13.1. The number of pyridine rings is 1. The second-order valence-electron chi connectivity index (χ2n) is 17.2. The van der Waals surface area contributed by atoms with E-state index < -0.39 is 0 Å². The van der Waals surface area contributed by atoms with Crippen molar-refractivity contribution in [2.75, 3.05) is 9.80 Å².